The molecule has 1 aromatic rings. The van der Waals surface area contributed by atoms with Gasteiger partial charge in [0.2, 0.25) is 0 Å². The van der Waals surface area contributed by atoms with E-state index in [2.05, 4.69) is 14.7 Å². The van der Waals surface area contributed by atoms with E-state index in [1.807, 2.05) is 0 Å². The SMILES string of the molecule is CCc1ncnc(N2CC(OC)(C(F)(F)F)C2)c1F. The maximum absolute atomic E-state index is 13.9. The quantitative estimate of drug-likeness (QED) is 0.793. The van der Waals surface area contributed by atoms with Gasteiger partial charge < -0.3 is 9.64 Å². The standard InChI is InChI=1S/C11H13F4N3O/c1-3-7-8(12)9(17-6-16-7)18-4-10(5-18,19-2)11(13,14)15/h6H,3-5H2,1-2H3. The van der Waals surface area contributed by atoms with Crippen LogP contribution < -0.4 is 4.90 Å². The second-order valence-electron chi connectivity index (χ2n) is 4.36. The molecule has 1 aliphatic rings. The van der Waals surface area contributed by atoms with Crippen LogP contribution in [-0.2, 0) is 11.2 Å². The Morgan fingerprint density at radius 3 is 2.47 bits per heavy atom. The molecule has 2 rings (SSSR count). The molecule has 0 bridgehead atoms. The molecule has 1 aromatic heterocycles. The van der Waals surface area contributed by atoms with Crippen LogP contribution in [0.1, 0.15) is 12.6 Å². The summed E-state index contributed by atoms with van der Waals surface area (Å²) >= 11 is 0. The summed E-state index contributed by atoms with van der Waals surface area (Å²) in [7, 11) is 0.999. The minimum atomic E-state index is -4.49. The third-order valence-corrected chi connectivity index (χ3v) is 3.28. The van der Waals surface area contributed by atoms with Gasteiger partial charge in [0.15, 0.2) is 17.2 Å². The smallest absolute Gasteiger partial charge is 0.365 e. The van der Waals surface area contributed by atoms with Gasteiger partial charge in [-0.05, 0) is 6.42 Å². The Bertz CT molecular complexity index is 471. The number of aromatic nitrogens is 2. The van der Waals surface area contributed by atoms with Gasteiger partial charge in [-0.15, -0.1) is 0 Å². The number of nitrogens with zero attached hydrogens (tertiary/aromatic N) is 3. The first-order chi connectivity index (χ1) is 8.84. The normalized spacial score (nSPS) is 18.3. The molecular weight excluding hydrogens is 266 g/mol. The maximum Gasteiger partial charge on any atom is 0.420 e. The lowest BCUT2D eigenvalue weighted by molar-refractivity contribution is -0.277. The van der Waals surface area contributed by atoms with Gasteiger partial charge in [0.1, 0.15) is 6.33 Å². The van der Waals surface area contributed by atoms with Gasteiger partial charge in [-0.2, -0.15) is 13.2 Å². The van der Waals surface area contributed by atoms with Crippen LogP contribution in [0.25, 0.3) is 0 Å². The van der Waals surface area contributed by atoms with Crippen LogP contribution in [0.2, 0.25) is 0 Å². The predicted molar refractivity (Wildman–Crippen MR) is 59.4 cm³/mol. The van der Waals surface area contributed by atoms with E-state index in [-0.39, 0.29) is 11.5 Å². The lowest BCUT2D eigenvalue weighted by Gasteiger charge is -2.49. The monoisotopic (exact) mass is 279 g/mol. The molecule has 1 aliphatic heterocycles. The molecule has 0 aromatic carbocycles. The molecule has 0 radical (unpaired) electrons. The molecule has 0 atom stereocenters. The second kappa shape index (κ2) is 4.59. The Balaban J connectivity index is 2.21. The van der Waals surface area contributed by atoms with Crippen LogP contribution >= 0.6 is 0 Å². The molecule has 2 heterocycles. The number of halogens is 4. The molecule has 1 saturated heterocycles. The van der Waals surface area contributed by atoms with Crippen molar-refractivity contribution < 1.29 is 22.3 Å². The highest BCUT2D eigenvalue weighted by Crippen LogP contribution is 2.42. The zero-order valence-electron chi connectivity index (χ0n) is 10.5. The van der Waals surface area contributed by atoms with E-state index in [0.29, 0.717) is 6.42 Å². The topological polar surface area (TPSA) is 38.2 Å². The fraction of sp³-hybridized carbons (Fsp3) is 0.636. The Kier molecular flexibility index (Phi) is 3.38. The Hall–Kier alpha value is -1.44. The summed E-state index contributed by atoms with van der Waals surface area (Å²) in [5.74, 6) is -0.777. The minimum Gasteiger partial charge on any atom is -0.365 e. The van der Waals surface area contributed by atoms with E-state index in [9.17, 15) is 17.6 Å². The summed E-state index contributed by atoms with van der Waals surface area (Å²) in [4.78, 5) is 8.65. The molecule has 0 unspecified atom stereocenters. The molecule has 1 fully saturated rings. The Morgan fingerprint density at radius 1 is 1.37 bits per heavy atom. The number of ether oxygens (including phenoxy) is 1. The number of hydrogen-bond donors (Lipinski definition) is 0. The summed E-state index contributed by atoms with van der Waals surface area (Å²) in [6.45, 7) is 0.772. The van der Waals surface area contributed by atoms with Crippen molar-refractivity contribution in [2.24, 2.45) is 0 Å². The van der Waals surface area contributed by atoms with Crippen molar-refractivity contribution in [1.29, 1.82) is 0 Å². The maximum atomic E-state index is 13.9. The van der Waals surface area contributed by atoms with Crippen molar-refractivity contribution >= 4 is 5.82 Å². The zero-order valence-corrected chi connectivity index (χ0v) is 10.5. The first-order valence-corrected chi connectivity index (χ1v) is 5.71. The van der Waals surface area contributed by atoms with Crippen molar-refractivity contribution in [3.63, 3.8) is 0 Å². The van der Waals surface area contributed by atoms with Crippen molar-refractivity contribution in [1.82, 2.24) is 9.97 Å². The minimum absolute atomic E-state index is 0.108. The summed E-state index contributed by atoms with van der Waals surface area (Å²) in [5.41, 5.74) is -2.05. The molecule has 8 heteroatoms. The van der Waals surface area contributed by atoms with Crippen molar-refractivity contribution in [2.75, 3.05) is 25.1 Å². The first-order valence-electron chi connectivity index (χ1n) is 5.71. The summed E-state index contributed by atoms with van der Waals surface area (Å²) in [5, 5.41) is 0. The van der Waals surface area contributed by atoms with E-state index >= 15 is 0 Å². The van der Waals surface area contributed by atoms with E-state index in [1.165, 1.54) is 4.90 Å². The van der Waals surface area contributed by atoms with Crippen molar-refractivity contribution in [2.45, 2.75) is 25.1 Å². The highest BCUT2D eigenvalue weighted by molar-refractivity contribution is 5.46. The number of methoxy groups -OCH3 is 1. The lowest BCUT2D eigenvalue weighted by atomic mass is 9.93. The molecule has 4 nitrogen and oxygen atoms in total. The number of alkyl halides is 3. The molecular formula is C11H13F4N3O. The van der Waals surface area contributed by atoms with Crippen LogP contribution in [0.4, 0.5) is 23.4 Å². The Morgan fingerprint density at radius 2 is 2.00 bits per heavy atom. The van der Waals surface area contributed by atoms with E-state index in [0.717, 1.165) is 13.4 Å². The first kappa shape index (κ1) is 14.0. The zero-order chi connectivity index (χ0) is 14.3. The number of aryl methyl sites for hydroxylation is 1. The highest BCUT2D eigenvalue weighted by Gasteiger charge is 2.63. The van der Waals surface area contributed by atoms with Crippen LogP contribution in [0.15, 0.2) is 6.33 Å². The van der Waals surface area contributed by atoms with Crippen LogP contribution in [0.5, 0.6) is 0 Å². The van der Waals surface area contributed by atoms with Crippen LogP contribution in [0.3, 0.4) is 0 Å². The molecule has 106 valence electrons. The van der Waals surface area contributed by atoms with Gasteiger partial charge in [-0.3, -0.25) is 0 Å². The van der Waals surface area contributed by atoms with Gasteiger partial charge in [-0.1, -0.05) is 6.92 Å². The van der Waals surface area contributed by atoms with Crippen molar-refractivity contribution in [3.8, 4) is 0 Å². The molecule has 0 amide bonds. The molecule has 0 saturated carbocycles. The largest absolute Gasteiger partial charge is 0.420 e. The average molecular weight is 279 g/mol. The summed E-state index contributed by atoms with van der Waals surface area (Å²) in [6, 6.07) is 0. The van der Waals surface area contributed by atoms with Gasteiger partial charge in [0.25, 0.3) is 0 Å². The van der Waals surface area contributed by atoms with E-state index in [1.54, 1.807) is 6.92 Å². The van der Waals surface area contributed by atoms with Gasteiger partial charge in [0.05, 0.1) is 18.8 Å². The van der Waals surface area contributed by atoms with E-state index < -0.39 is 30.7 Å². The van der Waals surface area contributed by atoms with E-state index in [4.69, 9.17) is 0 Å². The average Bonchev–Trinajstić information content (AvgIpc) is 2.28. The third-order valence-electron chi connectivity index (χ3n) is 3.28. The molecule has 0 aliphatic carbocycles. The number of hydrogen-bond acceptors (Lipinski definition) is 4. The van der Waals surface area contributed by atoms with Crippen LogP contribution in [0, 0.1) is 5.82 Å². The van der Waals surface area contributed by atoms with Crippen LogP contribution in [-0.4, -0.2) is 41.9 Å². The van der Waals surface area contributed by atoms with Gasteiger partial charge >= 0.3 is 6.18 Å². The highest BCUT2D eigenvalue weighted by atomic mass is 19.4. The van der Waals surface area contributed by atoms with Crippen molar-refractivity contribution in [3.05, 3.63) is 17.8 Å². The Labute approximate surface area is 107 Å². The molecule has 0 spiro atoms. The lowest BCUT2D eigenvalue weighted by Crippen LogP contribution is -2.70. The number of anilines is 1. The van der Waals surface area contributed by atoms with Gasteiger partial charge in [0, 0.05) is 7.11 Å². The summed E-state index contributed by atoms with van der Waals surface area (Å²) < 4.78 is 56.9. The van der Waals surface area contributed by atoms with Gasteiger partial charge in [-0.25, -0.2) is 14.4 Å². The number of rotatable bonds is 3. The molecule has 0 N–H and O–H groups in total. The third kappa shape index (κ3) is 2.13. The summed E-state index contributed by atoms with van der Waals surface area (Å²) in [6.07, 6.45) is -2.99. The second-order valence-corrected chi connectivity index (χ2v) is 4.36. The molecule has 19 heavy (non-hydrogen) atoms. The fourth-order valence-corrected chi connectivity index (χ4v) is 2.01. The predicted octanol–water partition coefficient (Wildman–Crippen LogP) is 1.95. The fourth-order valence-electron chi connectivity index (χ4n) is 2.01.